The number of likely N-dealkylation sites (tertiary alicyclic amines) is 1. The highest BCUT2D eigenvalue weighted by Gasteiger charge is 2.25. The molecule has 1 aromatic heterocycles. The number of rotatable bonds is 7. The van der Waals surface area contributed by atoms with Gasteiger partial charge in [0.15, 0.2) is 11.6 Å². The second-order valence-corrected chi connectivity index (χ2v) is 8.23. The summed E-state index contributed by atoms with van der Waals surface area (Å²) < 4.78 is 30.2. The van der Waals surface area contributed by atoms with Crippen molar-refractivity contribution in [1.29, 1.82) is 0 Å². The van der Waals surface area contributed by atoms with E-state index in [-0.39, 0.29) is 11.6 Å². The van der Waals surface area contributed by atoms with Gasteiger partial charge in [-0.05, 0) is 57.5 Å². The minimum atomic E-state index is -0.388. The maximum atomic E-state index is 13.7. The van der Waals surface area contributed by atoms with Gasteiger partial charge in [0.2, 0.25) is 5.89 Å². The lowest BCUT2D eigenvalue weighted by Gasteiger charge is -2.37. The van der Waals surface area contributed by atoms with Crippen LogP contribution in [0.25, 0.3) is 11.5 Å². The predicted octanol–water partition coefficient (Wildman–Crippen LogP) is 3.87. The van der Waals surface area contributed by atoms with E-state index in [4.69, 9.17) is 18.9 Å². The number of hydrogen-bond acceptors (Lipinski definition) is 6. The van der Waals surface area contributed by atoms with E-state index in [0.29, 0.717) is 11.9 Å². The van der Waals surface area contributed by atoms with Crippen LogP contribution in [0, 0.1) is 12.7 Å². The van der Waals surface area contributed by atoms with E-state index in [0.717, 1.165) is 63.0 Å². The standard InChI is InChI=1S/C23H32FN3O3/c1-17-21(25-23(30-17)18-6-7-20(24)22(15-18)28-2)16-27-9-4-3-5-19(27)8-10-26-11-13-29-14-12-26/h6-7,15,19H,3-5,8-14,16H2,1-2H3. The van der Waals surface area contributed by atoms with Crippen LogP contribution >= 0.6 is 0 Å². The van der Waals surface area contributed by atoms with Crippen LogP contribution in [0.1, 0.15) is 37.1 Å². The number of benzene rings is 1. The Kier molecular flexibility index (Phi) is 7.02. The molecule has 2 aromatic rings. The first-order valence-electron chi connectivity index (χ1n) is 11.0. The average molecular weight is 418 g/mol. The highest BCUT2D eigenvalue weighted by atomic mass is 19.1. The minimum Gasteiger partial charge on any atom is -0.494 e. The van der Waals surface area contributed by atoms with Crippen molar-refractivity contribution in [2.75, 3.05) is 46.5 Å². The molecule has 0 aliphatic carbocycles. The molecule has 1 atom stereocenters. The van der Waals surface area contributed by atoms with Gasteiger partial charge < -0.3 is 13.9 Å². The van der Waals surface area contributed by atoms with Crippen LogP contribution in [0.3, 0.4) is 0 Å². The molecule has 4 rings (SSSR count). The summed E-state index contributed by atoms with van der Waals surface area (Å²) in [5.74, 6) is 1.15. The summed E-state index contributed by atoms with van der Waals surface area (Å²) in [6, 6.07) is 5.28. The van der Waals surface area contributed by atoms with Crippen molar-refractivity contribution >= 4 is 0 Å². The van der Waals surface area contributed by atoms with Crippen LogP contribution in [0.2, 0.25) is 0 Å². The Bertz CT molecular complexity index is 835. The first-order valence-corrected chi connectivity index (χ1v) is 11.0. The smallest absolute Gasteiger partial charge is 0.226 e. The number of methoxy groups -OCH3 is 1. The van der Waals surface area contributed by atoms with Crippen molar-refractivity contribution in [3.05, 3.63) is 35.5 Å². The number of nitrogens with zero attached hydrogens (tertiary/aromatic N) is 3. The van der Waals surface area contributed by atoms with Gasteiger partial charge in [-0.2, -0.15) is 0 Å². The van der Waals surface area contributed by atoms with E-state index in [1.807, 2.05) is 6.92 Å². The predicted molar refractivity (Wildman–Crippen MR) is 113 cm³/mol. The van der Waals surface area contributed by atoms with Gasteiger partial charge in [-0.3, -0.25) is 9.80 Å². The summed E-state index contributed by atoms with van der Waals surface area (Å²) in [7, 11) is 1.46. The molecule has 2 aliphatic rings. The Morgan fingerprint density at radius 1 is 1.20 bits per heavy atom. The highest BCUT2D eigenvalue weighted by Crippen LogP contribution is 2.29. The van der Waals surface area contributed by atoms with Gasteiger partial charge in [0.1, 0.15) is 5.76 Å². The number of halogens is 1. The van der Waals surface area contributed by atoms with Crippen molar-refractivity contribution in [3.63, 3.8) is 0 Å². The quantitative estimate of drug-likeness (QED) is 0.682. The molecule has 30 heavy (non-hydrogen) atoms. The minimum absolute atomic E-state index is 0.198. The van der Waals surface area contributed by atoms with Gasteiger partial charge in [-0.25, -0.2) is 9.37 Å². The number of aryl methyl sites for hydroxylation is 1. The van der Waals surface area contributed by atoms with E-state index in [1.165, 1.54) is 38.9 Å². The maximum absolute atomic E-state index is 13.7. The summed E-state index contributed by atoms with van der Waals surface area (Å²) in [6.45, 7) is 8.76. The second kappa shape index (κ2) is 9.90. The Morgan fingerprint density at radius 2 is 2.03 bits per heavy atom. The molecule has 0 N–H and O–H groups in total. The van der Waals surface area contributed by atoms with Crippen molar-refractivity contribution < 1.29 is 18.3 Å². The Balaban J connectivity index is 1.43. The van der Waals surface area contributed by atoms with E-state index >= 15 is 0 Å². The molecule has 0 radical (unpaired) electrons. The molecule has 2 fully saturated rings. The van der Waals surface area contributed by atoms with E-state index < -0.39 is 0 Å². The zero-order valence-electron chi connectivity index (χ0n) is 18.0. The molecule has 2 aliphatic heterocycles. The molecule has 3 heterocycles. The van der Waals surface area contributed by atoms with Crippen LogP contribution in [-0.4, -0.2) is 67.3 Å². The zero-order chi connectivity index (χ0) is 20.9. The molecule has 164 valence electrons. The topological polar surface area (TPSA) is 51.0 Å². The van der Waals surface area contributed by atoms with Crippen molar-refractivity contribution in [2.45, 2.75) is 45.2 Å². The normalized spacial score (nSPS) is 21.1. The van der Waals surface area contributed by atoms with Crippen LogP contribution in [-0.2, 0) is 11.3 Å². The van der Waals surface area contributed by atoms with Gasteiger partial charge in [-0.15, -0.1) is 0 Å². The van der Waals surface area contributed by atoms with Crippen molar-refractivity contribution in [3.8, 4) is 17.2 Å². The second-order valence-electron chi connectivity index (χ2n) is 8.23. The Morgan fingerprint density at radius 3 is 2.83 bits per heavy atom. The van der Waals surface area contributed by atoms with Gasteiger partial charge >= 0.3 is 0 Å². The lowest BCUT2D eigenvalue weighted by molar-refractivity contribution is 0.0301. The van der Waals surface area contributed by atoms with Crippen LogP contribution in [0.15, 0.2) is 22.6 Å². The van der Waals surface area contributed by atoms with Crippen LogP contribution in [0.4, 0.5) is 4.39 Å². The highest BCUT2D eigenvalue weighted by molar-refractivity contribution is 5.56. The number of ether oxygens (including phenoxy) is 2. The molecule has 0 amide bonds. The molecular weight excluding hydrogens is 385 g/mol. The Labute approximate surface area is 178 Å². The molecule has 2 saturated heterocycles. The van der Waals surface area contributed by atoms with E-state index in [1.54, 1.807) is 12.1 Å². The van der Waals surface area contributed by atoms with E-state index in [9.17, 15) is 4.39 Å². The fraction of sp³-hybridized carbons (Fsp3) is 0.609. The fourth-order valence-corrected chi connectivity index (χ4v) is 4.43. The number of oxazole rings is 1. The van der Waals surface area contributed by atoms with E-state index in [2.05, 4.69) is 9.80 Å². The molecular formula is C23H32FN3O3. The SMILES string of the molecule is COc1cc(-c2nc(CN3CCCCC3CCN3CCOCC3)c(C)o2)ccc1F. The molecule has 0 saturated carbocycles. The molecule has 1 aromatic carbocycles. The number of aromatic nitrogens is 1. The third-order valence-corrected chi connectivity index (χ3v) is 6.27. The molecule has 0 spiro atoms. The first kappa shape index (κ1) is 21.3. The van der Waals surface area contributed by atoms with Crippen LogP contribution < -0.4 is 4.74 Å². The molecule has 0 bridgehead atoms. The monoisotopic (exact) mass is 417 g/mol. The number of hydrogen-bond donors (Lipinski definition) is 0. The summed E-state index contributed by atoms with van der Waals surface area (Å²) in [5, 5.41) is 0. The number of piperidine rings is 1. The zero-order valence-corrected chi connectivity index (χ0v) is 18.0. The molecule has 7 heteroatoms. The average Bonchev–Trinajstić information content (AvgIpc) is 3.14. The van der Waals surface area contributed by atoms with Gasteiger partial charge in [0, 0.05) is 31.2 Å². The third-order valence-electron chi connectivity index (χ3n) is 6.27. The summed E-state index contributed by atoms with van der Waals surface area (Å²) in [6.07, 6.45) is 4.94. The summed E-state index contributed by atoms with van der Waals surface area (Å²) >= 11 is 0. The first-order chi connectivity index (χ1) is 14.6. The summed E-state index contributed by atoms with van der Waals surface area (Å²) in [4.78, 5) is 9.82. The molecule has 6 nitrogen and oxygen atoms in total. The van der Waals surface area contributed by atoms with Gasteiger partial charge in [0.05, 0.1) is 26.0 Å². The Hall–Kier alpha value is -1.96. The fourth-order valence-electron chi connectivity index (χ4n) is 4.43. The maximum Gasteiger partial charge on any atom is 0.226 e. The largest absolute Gasteiger partial charge is 0.494 e. The molecule has 1 unspecified atom stereocenters. The lowest BCUT2D eigenvalue weighted by atomic mass is 9.98. The van der Waals surface area contributed by atoms with Crippen molar-refractivity contribution in [2.24, 2.45) is 0 Å². The number of morpholine rings is 1. The van der Waals surface area contributed by atoms with Crippen molar-refractivity contribution in [1.82, 2.24) is 14.8 Å². The summed E-state index contributed by atoms with van der Waals surface area (Å²) in [5.41, 5.74) is 1.69. The lowest BCUT2D eigenvalue weighted by Crippen LogP contribution is -2.43. The van der Waals surface area contributed by atoms with Gasteiger partial charge in [0.25, 0.3) is 0 Å². The third kappa shape index (κ3) is 5.02. The van der Waals surface area contributed by atoms with Crippen LogP contribution in [0.5, 0.6) is 5.75 Å². The van der Waals surface area contributed by atoms with Gasteiger partial charge in [-0.1, -0.05) is 6.42 Å².